The van der Waals surface area contributed by atoms with E-state index in [-0.39, 0.29) is 17.6 Å². The van der Waals surface area contributed by atoms with Gasteiger partial charge in [-0.05, 0) is 55.7 Å². The van der Waals surface area contributed by atoms with Crippen LogP contribution in [0.4, 0.5) is 4.39 Å². The molecule has 1 atom stereocenters. The molecule has 1 fully saturated rings. The van der Waals surface area contributed by atoms with E-state index >= 15 is 0 Å². The number of halogens is 1. The Morgan fingerprint density at radius 3 is 2.90 bits per heavy atom. The van der Waals surface area contributed by atoms with Gasteiger partial charge in [0.1, 0.15) is 11.6 Å². The van der Waals surface area contributed by atoms with Crippen LogP contribution in [0.2, 0.25) is 0 Å². The van der Waals surface area contributed by atoms with Gasteiger partial charge in [0.15, 0.2) is 11.5 Å². The van der Waals surface area contributed by atoms with E-state index in [2.05, 4.69) is 10.1 Å². The van der Waals surface area contributed by atoms with Crippen molar-refractivity contribution in [3.8, 4) is 11.1 Å². The van der Waals surface area contributed by atoms with Gasteiger partial charge in [0, 0.05) is 30.8 Å². The number of likely N-dealkylation sites (tertiary alicyclic amines) is 1. The highest BCUT2D eigenvalue weighted by Crippen LogP contribution is 2.27. The molecule has 1 aliphatic rings. The highest BCUT2D eigenvalue weighted by molar-refractivity contribution is 5.95. The van der Waals surface area contributed by atoms with Crippen LogP contribution in [-0.4, -0.2) is 38.5 Å². The summed E-state index contributed by atoms with van der Waals surface area (Å²) in [7, 11) is 0. The summed E-state index contributed by atoms with van der Waals surface area (Å²) in [6, 6.07) is 12.0. The Labute approximate surface area is 173 Å². The number of aryl methyl sites for hydroxylation is 1. The smallest absolute Gasteiger partial charge is 0.257 e. The lowest BCUT2D eigenvalue weighted by atomic mass is 9.97. The number of hydrogen-bond acceptors (Lipinski definition) is 4. The first kappa shape index (κ1) is 18.5. The van der Waals surface area contributed by atoms with E-state index < -0.39 is 0 Å². The maximum Gasteiger partial charge on any atom is 0.257 e. The van der Waals surface area contributed by atoms with Crippen LogP contribution in [0.1, 0.15) is 40.7 Å². The Kier molecular flexibility index (Phi) is 4.58. The Hall–Kier alpha value is -3.48. The van der Waals surface area contributed by atoms with E-state index in [0.717, 1.165) is 42.0 Å². The summed E-state index contributed by atoms with van der Waals surface area (Å²) in [5, 5.41) is 4.67. The van der Waals surface area contributed by atoms with Crippen LogP contribution in [0, 0.1) is 12.7 Å². The Bertz CT molecular complexity index is 1230. The number of rotatable bonds is 3. The van der Waals surface area contributed by atoms with Crippen molar-refractivity contribution in [2.45, 2.75) is 25.7 Å². The van der Waals surface area contributed by atoms with Gasteiger partial charge in [0.05, 0.1) is 11.8 Å². The molecule has 0 saturated carbocycles. The van der Waals surface area contributed by atoms with Crippen LogP contribution < -0.4 is 0 Å². The first-order valence-electron chi connectivity index (χ1n) is 10.0. The minimum Gasteiger partial charge on any atom is -0.469 e. The summed E-state index contributed by atoms with van der Waals surface area (Å²) >= 11 is 0. The van der Waals surface area contributed by atoms with Gasteiger partial charge in [-0.15, -0.1) is 0 Å². The minimum atomic E-state index is -0.272. The zero-order valence-electron chi connectivity index (χ0n) is 16.6. The average Bonchev–Trinajstić information content (AvgIpc) is 3.39. The lowest BCUT2D eigenvalue weighted by Gasteiger charge is -2.31. The summed E-state index contributed by atoms with van der Waals surface area (Å²) in [6.45, 7) is 3.10. The van der Waals surface area contributed by atoms with E-state index in [0.29, 0.717) is 17.9 Å². The molecule has 1 unspecified atom stereocenters. The molecule has 6 nitrogen and oxygen atoms in total. The number of fused-ring (bicyclic) bond motifs is 1. The standard InChI is InChI=1S/C23H21FN4O2/c1-15-20(9-11-30-15)23(29)27-10-3-5-18(13-27)22-25-21-8-7-17(14-28(21)26-22)16-4-2-6-19(24)12-16/h2,4,6-9,11-12,14,18H,3,5,10,13H2,1H3. The quantitative estimate of drug-likeness (QED) is 0.506. The van der Waals surface area contributed by atoms with Gasteiger partial charge in [0.2, 0.25) is 0 Å². The molecule has 152 valence electrons. The third kappa shape index (κ3) is 3.36. The largest absolute Gasteiger partial charge is 0.469 e. The molecular formula is C23H21FN4O2. The third-order valence-electron chi connectivity index (χ3n) is 5.67. The van der Waals surface area contributed by atoms with Gasteiger partial charge in [-0.1, -0.05) is 12.1 Å². The van der Waals surface area contributed by atoms with Crippen molar-refractivity contribution < 1.29 is 13.6 Å². The monoisotopic (exact) mass is 404 g/mol. The van der Waals surface area contributed by atoms with Gasteiger partial charge in [0.25, 0.3) is 5.91 Å². The summed E-state index contributed by atoms with van der Waals surface area (Å²) in [5.74, 6) is 1.16. The van der Waals surface area contributed by atoms with Crippen molar-refractivity contribution in [2.24, 2.45) is 0 Å². The zero-order chi connectivity index (χ0) is 20.7. The van der Waals surface area contributed by atoms with Crippen LogP contribution >= 0.6 is 0 Å². The van der Waals surface area contributed by atoms with E-state index in [4.69, 9.17) is 4.42 Å². The average molecular weight is 404 g/mol. The topological polar surface area (TPSA) is 63.6 Å². The molecule has 1 amide bonds. The highest BCUT2D eigenvalue weighted by Gasteiger charge is 2.29. The van der Waals surface area contributed by atoms with Gasteiger partial charge in [-0.25, -0.2) is 13.9 Å². The number of furan rings is 1. The number of piperidine rings is 1. The lowest BCUT2D eigenvalue weighted by Crippen LogP contribution is -2.39. The predicted molar refractivity (Wildman–Crippen MR) is 110 cm³/mol. The maximum atomic E-state index is 13.6. The number of pyridine rings is 1. The van der Waals surface area contributed by atoms with Crippen molar-refractivity contribution in [3.63, 3.8) is 0 Å². The van der Waals surface area contributed by atoms with Crippen LogP contribution in [0.3, 0.4) is 0 Å². The van der Waals surface area contributed by atoms with E-state index in [1.807, 2.05) is 29.3 Å². The van der Waals surface area contributed by atoms with Crippen LogP contribution in [0.5, 0.6) is 0 Å². The first-order valence-corrected chi connectivity index (χ1v) is 10.0. The van der Waals surface area contributed by atoms with E-state index in [1.54, 1.807) is 29.8 Å². The van der Waals surface area contributed by atoms with Gasteiger partial charge in [-0.3, -0.25) is 4.79 Å². The molecule has 0 bridgehead atoms. The fraction of sp³-hybridized carbons (Fsp3) is 0.261. The molecule has 7 heteroatoms. The van der Waals surface area contributed by atoms with Crippen molar-refractivity contribution in [1.29, 1.82) is 0 Å². The second-order valence-electron chi connectivity index (χ2n) is 7.68. The van der Waals surface area contributed by atoms with E-state index in [1.165, 1.54) is 12.1 Å². The summed E-state index contributed by atoms with van der Waals surface area (Å²) in [6.07, 6.45) is 5.24. The van der Waals surface area contributed by atoms with Crippen molar-refractivity contribution >= 4 is 11.6 Å². The van der Waals surface area contributed by atoms with Crippen molar-refractivity contribution in [3.05, 3.63) is 77.9 Å². The SMILES string of the molecule is Cc1occc1C(=O)N1CCCC(c2nc3ccc(-c4cccc(F)c4)cn3n2)C1. The summed E-state index contributed by atoms with van der Waals surface area (Å²) in [4.78, 5) is 19.4. The molecule has 0 radical (unpaired) electrons. The number of carbonyl (C=O) groups excluding carboxylic acids is 1. The molecule has 5 rings (SSSR count). The number of hydrogen-bond donors (Lipinski definition) is 0. The molecule has 0 spiro atoms. The fourth-order valence-corrected chi connectivity index (χ4v) is 4.06. The van der Waals surface area contributed by atoms with Gasteiger partial charge < -0.3 is 9.32 Å². The normalized spacial score (nSPS) is 16.9. The summed E-state index contributed by atoms with van der Waals surface area (Å²) in [5.41, 5.74) is 3.01. The Morgan fingerprint density at radius 2 is 2.10 bits per heavy atom. The van der Waals surface area contributed by atoms with Crippen LogP contribution in [0.25, 0.3) is 16.8 Å². The van der Waals surface area contributed by atoms with Crippen LogP contribution in [0.15, 0.2) is 59.3 Å². The first-order chi connectivity index (χ1) is 14.6. The number of carbonyl (C=O) groups is 1. The predicted octanol–water partition coefficient (Wildman–Crippen LogP) is 4.46. The second kappa shape index (κ2) is 7.40. The molecule has 1 aliphatic heterocycles. The molecule has 30 heavy (non-hydrogen) atoms. The van der Waals surface area contributed by atoms with Gasteiger partial charge in [-0.2, -0.15) is 5.10 Å². The summed E-state index contributed by atoms with van der Waals surface area (Å²) < 4.78 is 20.6. The molecule has 4 heterocycles. The highest BCUT2D eigenvalue weighted by atomic mass is 19.1. The number of nitrogens with zero attached hydrogens (tertiary/aromatic N) is 4. The molecule has 3 aromatic heterocycles. The third-order valence-corrected chi connectivity index (χ3v) is 5.67. The van der Waals surface area contributed by atoms with E-state index in [9.17, 15) is 9.18 Å². The Morgan fingerprint density at radius 1 is 1.20 bits per heavy atom. The molecule has 0 N–H and O–H groups in total. The number of amides is 1. The Balaban J connectivity index is 1.40. The van der Waals surface area contributed by atoms with Crippen molar-refractivity contribution in [2.75, 3.05) is 13.1 Å². The minimum absolute atomic E-state index is 0.0110. The fourth-order valence-electron chi connectivity index (χ4n) is 4.06. The molecule has 1 aromatic carbocycles. The second-order valence-corrected chi connectivity index (χ2v) is 7.68. The molecule has 1 saturated heterocycles. The molecule has 0 aliphatic carbocycles. The van der Waals surface area contributed by atoms with Crippen LogP contribution in [-0.2, 0) is 0 Å². The number of benzene rings is 1. The maximum absolute atomic E-state index is 13.6. The zero-order valence-corrected chi connectivity index (χ0v) is 16.6. The molecule has 4 aromatic rings. The molecular weight excluding hydrogens is 383 g/mol. The van der Waals surface area contributed by atoms with Gasteiger partial charge >= 0.3 is 0 Å². The number of aromatic nitrogens is 3. The van der Waals surface area contributed by atoms with Crippen molar-refractivity contribution in [1.82, 2.24) is 19.5 Å². The lowest BCUT2D eigenvalue weighted by molar-refractivity contribution is 0.0703.